The van der Waals surface area contributed by atoms with Gasteiger partial charge in [0.25, 0.3) is 11.8 Å². The molecule has 1 aliphatic rings. The molecule has 2 aromatic rings. The van der Waals surface area contributed by atoms with Crippen molar-refractivity contribution in [3.63, 3.8) is 0 Å². The molecule has 132 valence electrons. The molecule has 1 N–H and O–H groups in total. The number of benzene rings is 1. The fourth-order valence-corrected chi connectivity index (χ4v) is 3.34. The molecular weight excluding hydrogens is 326 g/mol. The summed E-state index contributed by atoms with van der Waals surface area (Å²) in [5, 5.41) is 1.36. The van der Waals surface area contributed by atoms with Crippen LogP contribution in [0.15, 0.2) is 36.5 Å². The number of carbonyl (C=O) groups is 2. The van der Waals surface area contributed by atoms with Gasteiger partial charge in [0.1, 0.15) is 5.92 Å². The molecule has 1 aromatic carbocycles. The highest BCUT2D eigenvalue weighted by molar-refractivity contribution is 6.10. The molecule has 26 heavy (non-hydrogen) atoms. The van der Waals surface area contributed by atoms with Gasteiger partial charge in [-0.1, -0.05) is 18.9 Å². The molecule has 5 nitrogen and oxygen atoms in total. The summed E-state index contributed by atoms with van der Waals surface area (Å²) < 4.78 is 0. The number of hydrogen-bond donors (Lipinski definition) is 1. The van der Waals surface area contributed by atoms with Crippen LogP contribution in [0.1, 0.15) is 47.7 Å². The van der Waals surface area contributed by atoms with Crippen LogP contribution < -0.4 is 5.43 Å². The third kappa shape index (κ3) is 3.31. The Morgan fingerprint density at radius 2 is 2.08 bits per heavy atom. The number of aromatic nitrogens is 1. The average Bonchev–Trinajstić information content (AvgIpc) is 2.89. The molecule has 1 unspecified atom stereocenters. The van der Waals surface area contributed by atoms with E-state index in [9.17, 15) is 9.59 Å². The summed E-state index contributed by atoms with van der Waals surface area (Å²) in [6.45, 7) is 5.99. The van der Waals surface area contributed by atoms with Crippen molar-refractivity contribution in [1.29, 1.82) is 0 Å². The van der Waals surface area contributed by atoms with Crippen LogP contribution in [-0.2, 0) is 22.6 Å². The molecule has 0 bridgehead atoms. The fourth-order valence-electron chi connectivity index (χ4n) is 3.34. The van der Waals surface area contributed by atoms with E-state index in [-0.39, 0.29) is 18.4 Å². The van der Waals surface area contributed by atoms with Gasteiger partial charge >= 0.3 is 0 Å². The first kappa shape index (κ1) is 17.7. The number of aryl methyl sites for hydroxylation is 2. The molecule has 1 aromatic heterocycles. The number of amides is 2. The van der Waals surface area contributed by atoms with Crippen LogP contribution in [0, 0.1) is 18.8 Å². The molecule has 0 spiro atoms. The third-order valence-corrected chi connectivity index (χ3v) is 4.48. The molecule has 1 saturated heterocycles. The lowest BCUT2D eigenvalue weighted by Crippen LogP contribution is -2.35. The first-order valence-corrected chi connectivity index (χ1v) is 8.63. The summed E-state index contributed by atoms with van der Waals surface area (Å²) in [7, 11) is 0. The maximum atomic E-state index is 12.9. The first-order valence-electron chi connectivity index (χ1n) is 8.63. The van der Waals surface area contributed by atoms with Gasteiger partial charge in [0.2, 0.25) is 0 Å². The van der Waals surface area contributed by atoms with Gasteiger partial charge in [-0.2, -0.15) is 0 Å². The number of pyridine rings is 1. The molecule has 1 atom stereocenters. The van der Waals surface area contributed by atoms with E-state index in [1.165, 1.54) is 5.01 Å². The maximum Gasteiger partial charge on any atom is 0.258 e. The molecular formula is C21H21N3O2. The standard InChI is InChI=1S/C21H21N3O2/c1-4-8-15-11-14(3)18(16(5-2)12-15)19-20(25)23-24(21(19)26)13-17-9-6-7-10-22-17/h6-7,9-12,19H,5,13H2,1-3H3,(H,23,25). The first-order chi connectivity index (χ1) is 12.5. The number of carbonyl (C=O) groups excluding carboxylic acids is 2. The van der Waals surface area contributed by atoms with Gasteiger partial charge in [-0.15, -0.1) is 5.92 Å². The van der Waals surface area contributed by atoms with E-state index in [2.05, 4.69) is 22.3 Å². The second kappa shape index (κ2) is 7.40. The molecule has 2 heterocycles. The van der Waals surface area contributed by atoms with Crippen LogP contribution >= 0.6 is 0 Å². The molecule has 0 saturated carbocycles. The zero-order valence-electron chi connectivity index (χ0n) is 15.2. The van der Waals surface area contributed by atoms with Crippen LogP contribution in [0.2, 0.25) is 0 Å². The lowest BCUT2D eigenvalue weighted by Gasteiger charge is -2.17. The van der Waals surface area contributed by atoms with E-state index in [0.717, 1.165) is 34.4 Å². The Labute approximate surface area is 153 Å². The SMILES string of the molecule is CC#Cc1cc(C)c(C2C(=O)NN(Cc3ccccn3)C2=O)c(CC)c1. The zero-order valence-corrected chi connectivity index (χ0v) is 15.2. The Kier molecular flexibility index (Phi) is 5.04. The van der Waals surface area contributed by atoms with E-state index < -0.39 is 5.92 Å². The van der Waals surface area contributed by atoms with Crippen molar-refractivity contribution in [3.8, 4) is 11.8 Å². The molecule has 0 aliphatic carbocycles. The summed E-state index contributed by atoms with van der Waals surface area (Å²) in [6.07, 6.45) is 2.40. The third-order valence-electron chi connectivity index (χ3n) is 4.48. The highest BCUT2D eigenvalue weighted by Crippen LogP contribution is 2.31. The monoisotopic (exact) mass is 347 g/mol. The van der Waals surface area contributed by atoms with Gasteiger partial charge in [-0.3, -0.25) is 20.0 Å². The van der Waals surface area contributed by atoms with Crippen LogP contribution in [0.25, 0.3) is 0 Å². The van der Waals surface area contributed by atoms with Crippen LogP contribution in [0.3, 0.4) is 0 Å². The Morgan fingerprint density at radius 1 is 1.27 bits per heavy atom. The van der Waals surface area contributed by atoms with Crippen molar-refractivity contribution >= 4 is 11.8 Å². The van der Waals surface area contributed by atoms with E-state index in [4.69, 9.17) is 0 Å². The lowest BCUT2D eigenvalue weighted by molar-refractivity contribution is -0.131. The van der Waals surface area contributed by atoms with Crippen LogP contribution in [-0.4, -0.2) is 21.8 Å². The van der Waals surface area contributed by atoms with E-state index in [1.807, 2.05) is 44.2 Å². The van der Waals surface area contributed by atoms with Gasteiger partial charge in [0, 0.05) is 11.8 Å². The quantitative estimate of drug-likeness (QED) is 0.683. The van der Waals surface area contributed by atoms with Crippen molar-refractivity contribution < 1.29 is 9.59 Å². The molecule has 2 amide bonds. The molecule has 1 aliphatic heterocycles. The topological polar surface area (TPSA) is 62.3 Å². The number of hydrazine groups is 1. The lowest BCUT2D eigenvalue weighted by atomic mass is 9.87. The van der Waals surface area contributed by atoms with Gasteiger partial charge in [-0.25, -0.2) is 5.01 Å². The molecule has 3 rings (SSSR count). The minimum Gasteiger partial charge on any atom is -0.272 e. The predicted octanol–water partition coefficient (Wildman–Crippen LogP) is 2.48. The Balaban J connectivity index is 1.95. The summed E-state index contributed by atoms with van der Waals surface area (Å²) in [4.78, 5) is 29.8. The smallest absolute Gasteiger partial charge is 0.258 e. The predicted molar refractivity (Wildman–Crippen MR) is 98.8 cm³/mol. The van der Waals surface area contributed by atoms with E-state index in [0.29, 0.717) is 0 Å². The summed E-state index contributed by atoms with van der Waals surface area (Å²) in [6, 6.07) is 9.41. The van der Waals surface area contributed by atoms with Crippen molar-refractivity contribution in [2.45, 2.75) is 39.7 Å². The minimum atomic E-state index is -0.822. The van der Waals surface area contributed by atoms with Gasteiger partial charge in [-0.05, 0) is 61.2 Å². The van der Waals surface area contributed by atoms with Crippen LogP contribution in [0.5, 0.6) is 0 Å². The Hall–Kier alpha value is -3.13. The van der Waals surface area contributed by atoms with Gasteiger partial charge < -0.3 is 0 Å². The number of hydrogen-bond acceptors (Lipinski definition) is 3. The number of nitrogens with zero attached hydrogens (tertiary/aromatic N) is 2. The highest BCUT2D eigenvalue weighted by Gasteiger charge is 2.42. The van der Waals surface area contributed by atoms with Gasteiger partial charge in [0.05, 0.1) is 12.2 Å². The van der Waals surface area contributed by atoms with Crippen molar-refractivity contribution in [3.05, 3.63) is 64.5 Å². The molecule has 5 heteroatoms. The highest BCUT2D eigenvalue weighted by atomic mass is 16.2. The maximum absolute atomic E-state index is 12.9. The summed E-state index contributed by atoms with van der Waals surface area (Å²) >= 11 is 0. The Morgan fingerprint density at radius 3 is 2.73 bits per heavy atom. The second-order valence-corrected chi connectivity index (χ2v) is 6.25. The van der Waals surface area contributed by atoms with Crippen LogP contribution in [0.4, 0.5) is 0 Å². The summed E-state index contributed by atoms with van der Waals surface area (Å²) in [5.74, 6) is 4.58. The van der Waals surface area contributed by atoms with Gasteiger partial charge in [0.15, 0.2) is 0 Å². The largest absolute Gasteiger partial charge is 0.272 e. The van der Waals surface area contributed by atoms with E-state index >= 15 is 0 Å². The number of rotatable bonds is 4. The average molecular weight is 347 g/mol. The normalized spacial score (nSPS) is 16.3. The number of nitrogens with one attached hydrogen (secondary N) is 1. The zero-order chi connectivity index (χ0) is 18.7. The molecule has 0 radical (unpaired) electrons. The van der Waals surface area contributed by atoms with Crippen molar-refractivity contribution in [2.75, 3.05) is 0 Å². The molecule has 1 fully saturated rings. The van der Waals surface area contributed by atoms with Crippen molar-refractivity contribution in [2.24, 2.45) is 0 Å². The second-order valence-electron chi connectivity index (χ2n) is 6.25. The fraction of sp³-hybridized carbons (Fsp3) is 0.286. The summed E-state index contributed by atoms with van der Waals surface area (Å²) in [5.41, 5.74) is 7.01. The minimum absolute atomic E-state index is 0.243. The Bertz CT molecular complexity index is 910. The van der Waals surface area contributed by atoms with E-state index in [1.54, 1.807) is 13.1 Å². The van der Waals surface area contributed by atoms with Crippen molar-refractivity contribution in [1.82, 2.24) is 15.4 Å².